The number of para-hydroxylation sites is 1. The predicted octanol–water partition coefficient (Wildman–Crippen LogP) is 1.38. The summed E-state index contributed by atoms with van der Waals surface area (Å²) in [7, 11) is 0. The molecule has 0 radical (unpaired) electrons. The summed E-state index contributed by atoms with van der Waals surface area (Å²) in [5.41, 5.74) is 7.65. The third-order valence-corrected chi connectivity index (χ3v) is 3.57. The number of carbonyl (C=O) groups excluding carboxylic acids is 1. The Morgan fingerprint density at radius 1 is 1.44 bits per heavy atom. The molecule has 0 bridgehead atoms. The van der Waals surface area contributed by atoms with E-state index in [-0.39, 0.29) is 11.8 Å². The van der Waals surface area contributed by atoms with E-state index in [1.54, 1.807) is 0 Å². The van der Waals surface area contributed by atoms with E-state index >= 15 is 0 Å². The fraction of sp³-hybridized carbons (Fsp3) is 0.357. The minimum absolute atomic E-state index is 0.168. The Labute approximate surface area is 106 Å². The fourth-order valence-corrected chi connectivity index (χ4v) is 2.60. The van der Waals surface area contributed by atoms with E-state index in [2.05, 4.69) is 9.88 Å². The number of aromatic amines is 1. The molecular formula is C14H17N3O. The highest BCUT2D eigenvalue weighted by Gasteiger charge is 2.22. The number of carbonyl (C=O) groups is 1. The Morgan fingerprint density at radius 3 is 3.06 bits per heavy atom. The maximum Gasteiger partial charge on any atom is 0.178 e. The van der Waals surface area contributed by atoms with Gasteiger partial charge in [0.1, 0.15) is 0 Å². The van der Waals surface area contributed by atoms with Crippen LogP contribution in [0.15, 0.2) is 30.5 Å². The first-order chi connectivity index (χ1) is 8.74. The van der Waals surface area contributed by atoms with Gasteiger partial charge in [-0.2, -0.15) is 0 Å². The van der Waals surface area contributed by atoms with Gasteiger partial charge in [0.25, 0.3) is 0 Å². The van der Waals surface area contributed by atoms with Gasteiger partial charge < -0.3 is 10.7 Å². The van der Waals surface area contributed by atoms with Crippen molar-refractivity contribution in [2.24, 2.45) is 5.73 Å². The van der Waals surface area contributed by atoms with E-state index in [0.717, 1.165) is 36.0 Å². The molecule has 0 spiro atoms. The van der Waals surface area contributed by atoms with Crippen LogP contribution in [0.4, 0.5) is 0 Å². The molecule has 0 aliphatic carbocycles. The van der Waals surface area contributed by atoms with Crippen molar-refractivity contribution in [1.82, 2.24) is 9.88 Å². The molecule has 1 aromatic heterocycles. The summed E-state index contributed by atoms with van der Waals surface area (Å²) >= 11 is 0. The lowest BCUT2D eigenvalue weighted by Gasteiger charge is -2.13. The van der Waals surface area contributed by atoms with Crippen molar-refractivity contribution in [3.05, 3.63) is 36.0 Å². The lowest BCUT2D eigenvalue weighted by molar-refractivity contribution is 0.0946. The van der Waals surface area contributed by atoms with Crippen molar-refractivity contribution in [1.29, 1.82) is 0 Å². The molecular weight excluding hydrogens is 226 g/mol. The molecule has 1 aliphatic rings. The van der Waals surface area contributed by atoms with Crippen LogP contribution in [-0.4, -0.2) is 41.3 Å². The van der Waals surface area contributed by atoms with Crippen LogP contribution in [0.3, 0.4) is 0 Å². The monoisotopic (exact) mass is 243 g/mol. The first kappa shape index (κ1) is 11.4. The maximum atomic E-state index is 12.3. The SMILES string of the molecule is NC1CCN(CC(=O)c2c[nH]c3ccccc23)C1. The summed E-state index contributed by atoms with van der Waals surface area (Å²) in [5, 5.41) is 1.01. The van der Waals surface area contributed by atoms with E-state index in [1.165, 1.54) is 0 Å². The predicted molar refractivity (Wildman–Crippen MR) is 71.7 cm³/mol. The van der Waals surface area contributed by atoms with E-state index in [1.807, 2.05) is 30.5 Å². The number of Topliss-reactive ketones (excluding diaryl/α,β-unsaturated/α-hetero) is 1. The standard InChI is InChI=1S/C14H17N3O/c15-10-5-6-17(8-10)9-14(18)12-7-16-13-4-2-1-3-11(12)13/h1-4,7,10,16H,5-6,8-9,15H2. The number of nitrogens with one attached hydrogen (secondary N) is 1. The molecule has 1 fully saturated rings. The minimum atomic E-state index is 0.168. The van der Waals surface area contributed by atoms with Gasteiger partial charge >= 0.3 is 0 Å². The van der Waals surface area contributed by atoms with Gasteiger partial charge in [0.05, 0.1) is 6.54 Å². The Balaban J connectivity index is 1.80. The Kier molecular flexibility index (Phi) is 2.89. The lowest BCUT2D eigenvalue weighted by atomic mass is 10.1. The number of likely N-dealkylation sites (tertiary alicyclic amines) is 1. The molecule has 1 aliphatic heterocycles. The molecule has 1 aromatic carbocycles. The van der Waals surface area contributed by atoms with Crippen LogP contribution in [-0.2, 0) is 0 Å². The van der Waals surface area contributed by atoms with Gasteiger partial charge in [-0.25, -0.2) is 0 Å². The molecule has 3 N–H and O–H groups in total. The average molecular weight is 243 g/mol. The molecule has 1 atom stereocenters. The number of benzene rings is 1. The van der Waals surface area contributed by atoms with Gasteiger partial charge in [0.15, 0.2) is 5.78 Å². The summed E-state index contributed by atoms with van der Waals surface area (Å²) < 4.78 is 0. The zero-order valence-electron chi connectivity index (χ0n) is 10.2. The molecule has 94 valence electrons. The number of fused-ring (bicyclic) bond motifs is 1. The number of hydrogen-bond acceptors (Lipinski definition) is 3. The van der Waals surface area contributed by atoms with Crippen LogP contribution in [0.25, 0.3) is 10.9 Å². The average Bonchev–Trinajstić information content (AvgIpc) is 2.95. The third kappa shape index (κ3) is 2.05. The highest BCUT2D eigenvalue weighted by molar-refractivity contribution is 6.08. The number of H-pyrrole nitrogens is 1. The first-order valence-electron chi connectivity index (χ1n) is 6.31. The summed E-state index contributed by atoms with van der Waals surface area (Å²) in [6, 6.07) is 8.11. The van der Waals surface area contributed by atoms with Gasteiger partial charge in [-0.1, -0.05) is 18.2 Å². The second kappa shape index (κ2) is 4.55. The zero-order valence-corrected chi connectivity index (χ0v) is 10.2. The smallest absolute Gasteiger partial charge is 0.178 e. The van der Waals surface area contributed by atoms with Crippen LogP contribution in [0.2, 0.25) is 0 Å². The van der Waals surface area contributed by atoms with Gasteiger partial charge in [-0.3, -0.25) is 9.69 Å². The van der Waals surface area contributed by atoms with Crippen LogP contribution >= 0.6 is 0 Å². The summed E-state index contributed by atoms with van der Waals surface area (Å²) in [6.07, 6.45) is 2.80. The highest BCUT2D eigenvalue weighted by atomic mass is 16.1. The van der Waals surface area contributed by atoms with Crippen molar-refractivity contribution in [3.8, 4) is 0 Å². The highest BCUT2D eigenvalue weighted by Crippen LogP contribution is 2.19. The summed E-state index contributed by atoms with van der Waals surface area (Å²) in [5.74, 6) is 0.168. The van der Waals surface area contributed by atoms with Gasteiger partial charge in [-0.05, 0) is 12.5 Å². The third-order valence-electron chi connectivity index (χ3n) is 3.57. The number of aromatic nitrogens is 1. The quantitative estimate of drug-likeness (QED) is 0.801. The van der Waals surface area contributed by atoms with Gasteiger partial charge in [-0.15, -0.1) is 0 Å². The molecule has 4 heteroatoms. The molecule has 1 unspecified atom stereocenters. The largest absolute Gasteiger partial charge is 0.360 e. The Bertz CT molecular complexity index is 575. The summed E-state index contributed by atoms with van der Waals surface area (Å²) in [4.78, 5) is 17.6. The molecule has 2 heterocycles. The molecule has 4 nitrogen and oxygen atoms in total. The molecule has 3 rings (SSSR count). The molecule has 1 saturated heterocycles. The topological polar surface area (TPSA) is 62.1 Å². The van der Waals surface area contributed by atoms with Gasteiger partial charge in [0.2, 0.25) is 0 Å². The van der Waals surface area contributed by atoms with Crippen LogP contribution in [0, 0.1) is 0 Å². The molecule has 0 saturated carbocycles. The van der Waals surface area contributed by atoms with E-state index in [9.17, 15) is 4.79 Å². The van der Waals surface area contributed by atoms with Crippen molar-refractivity contribution < 1.29 is 4.79 Å². The normalized spacial score (nSPS) is 20.6. The maximum absolute atomic E-state index is 12.3. The Morgan fingerprint density at radius 2 is 2.28 bits per heavy atom. The first-order valence-corrected chi connectivity index (χ1v) is 6.31. The number of hydrogen-bond donors (Lipinski definition) is 2. The number of nitrogens with two attached hydrogens (primary N) is 1. The fourth-order valence-electron chi connectivity index (χ4n) is 2.60. The summed E-state index contributed by atoms with van der Waals surface area (Å²) in [6.45, 7) is 2.22. The van der Waals surface area contributed by atoms with Crippen molar-refractivity contribution >= 4 is 16.7 Å². The Hall–Kier alpha value is -1.65. The second-order valence-corrected chi connectivity index (χ2v) is 4.95. The lowest BCUT2D eigenvalue weighted by Crippen LogP contribution is -2.30. The van der Waals surface area contributed by atoms with Crippen molar-refractivity contribution in [2.75, 3.05) is 19.6 Å². The number of nitrogens with zero attached hydrogens (tertiary/aromatic N) is 1. The number of ketones is 1. The zero-order chi connectivity index (χ0) is 12.5. The molecule has 0 amide bonds. The van der Waals surface area contributed by atoms with Crippen LogP contribution < -0.4 is 5.73 Å². The van der Waals surface area contributed by atoms with E-state index in [0.29, 0.717) is 6.54 Å². The minimum Gasteiger partial charge on any atom is -0.360 e. The molecule has 2 aromatic rings. The van der Waals surface area contributed by atoms with Crippen molar-refractivity contribution in [3.63, 3.8) is 0 Å². The van der Waals surface area contributed by atoms with Crippen LogP contribution in [0.1, 0.15) is 16.8 Å². The van der Waals surface area contributed by atoms with Crippen LogP contribution in [0.5, 0.6) is 0 Å². The van der Waals surface area contributed by atoms with E-state index in [4.69, 9.17) is 5.73 Å². The van der Waals surface area contributed by atoms with Gasteiger partial charge in [0, 0.05) is 41.8 Å². The number of rotatable bonds is 3. The van der Waals surface area contributed by atoms with E-state index < -0.39 is 0 Å². The molecule has 18 heavy (non-hydrogen) atoms. The van der Waals surface area contributed by atoms with Crippen molar-refractivity contribution in [2.45, 2.75) is 12.5 Å². The second-order valence-electron chi connectivity index (χ2n) is 4.95.